The van der Waals surface area contributed by atoms with Gasteiger partial charge in [-0.25, -0.2) is 4.39 Å². The summed E-state index contributed by atoms with van der Waals surface area (Å²) < 4.78 is 18.7. The zero-order valence-corrected chi connectivity index (χ0v) is 10.2. The molecule has 92 valence electrons. The van der Waals surface area contributed by atoms with Crippen LogP contribution in [0.1, 0.15) is 22.8 Å². The van der Waals surface area contributed by atoms with Crippen molar-refractivity contribution in [2.24, 2.45) is 0 Å². The summed E-state index contributed by atoms with van der Waals surface area (Å²) in [6.07, 6.45) is 0. The van der Waals surface area contributed by atoms with Crippen LogP contribution in [-0.2, 0) is 0 Å². The van der Waals surface area contributed by atoms with Gasteiger partial charge in [0.25, 0.3) is 0 Å². The largest absolute Gasteiger partial charge is 0.457 e. The van der Waals surface area contributed by atoms with Gasteiger partial charge >= 0.3 is 0 Å². The van der Waals surface area contributed by atoms with Gasteiger partial charge in [0.1, 0.15) is 17.3 Å². The third kappa shape index (κ3) is 2.74. The number of hydrogen-bond donors (Lipinski definition) is 0. The van der Waals surface area contributed by atoms with E-state index >= 15 is 0 Å². The molecular formula is C15H13FO2. The van der Waals surface area contributed by atoms with E-state index in [1.165, 1.54) is 25.1 Å². The molecule has 0 aliphatic heterocycles. The lowest BCUT2D eigenvalue weighted by Gasteiger charge is -2.09. The molecule has 0 unspecified atom stereocenters. The summed E-state index contributed by atoms with van der Waals surface area (Å²) in [4.78, 5) is 11.4. The molecule has 0 saturated heterocycles. The Labute approximate surface area is 105 Å². The lowest BCUT2D eigenvalue weighted by molar-refractivity contribution is 0.101. The minimum Gasteiger partial charge on any atom is -0.457 e. The first-order chi connectivity index (χ1) is 8.56. The van der Waals surface area contributed by atoms with E-state index in [1.807, 2.05) is 25.1 Å². The van der Waals surface area contributed by atoms with Crippen LogP contribution in [0.4, 0.5) is 4.39 Å². The average Bonchev–Trinajstić information content (AvgIpc) is 2.31. The van der Waals surface area contributed by atoms with E-state index in [0.29, 0.717) is 11.5 Å². The van der Waals surface area contributed by atoms with Crippen LogP contribution >= 0.6 is 0 Å². The van der Waals surface area contributed by atoms with Crippen LogP contribution in [0.3, 0.4) is 0 Å². The highest BCUT2D eigenvalue weighted by Gasteiger charge is 2.10. The van der Waals surface area contributed by atoms with Gasteiger partial charge in [0, 0.05) is 0 Å². The Morgan fingerprint density at radius 1 is 1.17 bits per heavy atom. The maximum atomic E-state index is 13.1. The van der Waals surface area contributed by atoms with Crippen LogP contribution in [0.2, 0.25) is 0 Å². The van der Waals surface area contributed by atoms with E-state index in [4.69, 9.17) is 4.74 Å². The number of benzene rings is 2. The second kappa shape index (κ2) is 5.00. The first-order valence-electron chi connectivity index (χ1n) is 5.61. The predicted molar refractivity (Wildman–Crippen MR) is 67.7 cm³/mol. The fourth-order valence-electron chi connectivity index (χ4n) is 1.67. The number of aryl methyl sites for hydroxylation is 1. The van der Waals surface area contributed by atoms with Gasteiger partial charge in [-0.3, -0.25) is 4.79 Å². The van der Waals surface area contributed by atoms with E-state index in [0.717, 1.165) is 5.56 Å². The van der Waals surface area contributed by atoms with Gasteiger partial charge < -0.3 is 4.74 Å². The van der Waals surface area contributed by atoms with Crippen molar-refractivity contribution in [2.45, 2.75) is 13.8 Å². The van der Waals surface area contributed by atoms with Crippen LogP contribution in [0.15, 0.2) is 42.5 Å². The Hall–Kier alpha value is -2.16. The monoisotopic (exact) mass is 244 g/mol. The van der Waals surface area contributed by atoms with Crippen LogP contribution in [-0.4, -0.2) is 5.78 Å². The van der Waals surface area contributed by atoms with E-state index < -0.39 is 5.82 Å². The molecule has 2 nitrogen and oxygen atoms in total. The summed E-state index contributed by atoms with van der Waals surface area (Å²) in [6, 6.07) is 11.4. The number of rotatable bonds is 3. The minimum atomic E-state index is -0.447. The standard InChI is InChI=1S/C15H13FO2/c1-10-4-3-5-13(8-10)18-15-7-6-12(16)9-14(15)11(2)17/h3-9H,1-2H3. The molecule has 0 heterocycles. The van der Waals surface area contributed by atoms with Gasteiger partial charge in [-0.05, 0) is 49.7 Å². The van der Waals surface area contributed by atoms with Crippen LogP contribution < -0.4 is 4.74 Å². The molecule has 0 amide bonds. The van der Waals surface area contributed by atoms with Crippen molar-refractivity contribution in [1.29, 1.82) is 0 Å². The molecule has 0 aromatic heterocycles. The molecular weight excluding hydrogens is 231 g/mol. The first-order valence-corrected chi connectivity index (χ1v) is 5.61. The second-order valence-electron chi connectivity index (χ2n) is 4.12. The Morgan fingerprint density at radius 2 is 1.94 bits per heavy atom. The van der Waals surface area contributed by atoms with Crippen LogP contribution in [0.5, 0.6) is 11.5 Å². The van der Waals surface area contributed by atoms with E-state index in [2.05, 4.69) is 0 Å². The number of carbonyl (C=O) groups is 1. The molecule has 0 bridgehead atoms. The van der Waals surface area contributed by atoms with Crippen molar-refractivity contribution in [3.8, 4) is 11.5 Å². The van der Waals surface area contributed by atoms with Crippen molar-refractivity contribution in [1.82, 2.24) is 0 Å². The van der Waals surface area contributed by atoms with E-state index in [1.54, 1.807) is 6.07 Å². The number of ether oxygens (including phenoxy) is 1. The highest BCUT2D eigenvalue weighted by Crippen LogP contribution is 2.26. The van der Waals surface area contributed by atoms with Gasteiger partial charge in [0.15, 0.2) is 5.78 Å². The molecule has 0 saturated carbocycles. The van der Waals surface area contributed by atoms with Gasteiger partial charge in [-0.15, -0.1) is 0 Å². The first kappa shape index (κ1) is 12.3. The SMILES string of the molecule is CC(=O)c1cc(F)ccc1Oc1cccc(C)c1. The second-order valence-corrected chi connectivity index (χ2v) is 4.12. The highest BCUT2D eigenvalue weighted by atomic mass is 19.1. The number of ketones is 1. The van der Waals surface area contributed by atoms with E-state index in [9.17, 15) is 9.18 Å². The number of halogens is 1. The maximum absolute atomic E-state index is 13.1. The molecule has 0 radical (unpaired) electrons. The molecule has 2 rings (SSSR count). The molecule has 0 fully saturated rings. The van der Waals surface area contributed by atoms with Gasteiger partial charge in [-0.2, -0.15) is 0 Å². The topological polar surface area (TPSA) is 26.3 Å². The van der Waals surface area contributed by atoms with Gasteiger partial charge in [0.05, 0.1) is 5.56 Å². The molecule has 2 aromatic carbocycles. The highest BCUT2D eigenvalue weighted by molar-refractivity contribution is 5.96. The fraction of sp³-hybridized carbons (Fsp3) is 0.133. The lowest BCUT2D eigenvalue weighted by Crippen LogP contribution is -1.98. The third-order valence-corrected chi connectivity index (χ3v) is 2.54. The normalized spacial score (nSPS) is 10.2. The molecule has 0 aliphatic rings. The van der Waals surface area contributed by atoms with Crippen molar-refractivity contribution < 1.29 is 13.9 Å². The number of hydrogen-bond acceptors (Lipinski definition) is 2. The average molecular weight is 244 g/mol. The number of Topliss-reactive ketones (excluding diaryl/α,β-unsaturated/α-hetero) is 1. The predicted octanol–water partition coefficient (Wildman–Crippen LogP) is 4.13. The van der Waals surface area contributed by atoms with Crippen molar-refractivity contribution in [2.75, 3.05) is 0 Å². The molecule has 0 spiro atoms. The molecule has 0 atom stereocenters. The van der Waals surface area contributed by atoms with E-state index in [-0.39, 0.29) is 11.3 Å². The summed E-state index contributed by atoms with van der Waals surface area (Å²) in [7, 11) is 0. The molecule has 3 heteroatoms. The molecule has 18 heavy (non-hydrogen) atoms. The maximum Gasteiger partial charge on any atom is 0.163 e. The van der Waals surface area contributed by atoms with Crippen LogP contribution in [0.25, 0.3) is 0 Å². The number of carbonyl (C=O) groups excluding carboxylic acids is 1. The van der Waals surface area contributed by atoms with Crippen LogP contribution in [0, 0.1) is 12.7 Å². The van der Waals surface area contributed by atoms with Crippen molar-refractivity contribution in [3.63, 3.8) is 0 Å². The summed E-state index contributed by atoms with van der Waals surface area (Å²) in [5.74, 6) is 0.326. The summed E-state index contributed by atoms with van der Waals surface area (Å²) in [5.41, 5.74) is 1.30. The zero-order valence-electron chi connectivity index (χ0n) is 10.2. The smallest absolute Gasteiger partial charge is 0.163 e. The van der Waals surface area contributed by atoms with Crippen molar-refractivity contribution >= 4 is 5.78 Å². The third-order valence-electron chi connectivity index (χ3n) is 2.54. The quantitative estimate of drug-likeness (QED) is 0.759. The Balaban J connectivity index is 2.37. The Kier molecular flexibility index (Phi) is 3.42. The fourth-order valence-corrected chi connectivity index (χ4v) is 1.67. The molecule has 2 aromatic rings. The molecule has 0 N–H and O–H groups in total. The summed E-state index contributed by atoms with van der Waals surface area (Å²) in [6.45, 7) is 3.33. The van der Waals surface area contributed by atoms with Crippen molar-refractivity contribution in [3.05, 3.63) is 59.4 Å². The lowest BCUT2D eigenvalue weighted by atomic mass is 10.1. The minimum absolute atomic E-state index is 0.225. The summed E-state index contributed by atoms with van der Waals surface area (Å²) >= 11 is 0. The zero-order chi connectivity index (χ0) is 13.1. The molecule has 0 aliphatic carbocycles. The van der Waals surface area contributed by atoms with Gasteiger partial charge in [0.2, 0.25) is 0 Å². The Morgan fingerprint density at radius 3 is 2.61 bits per heavy atom. The van der Waals surface area contributed by atoms with Gasteiger partial charge in [-0.1, -0.05) is 12.1 Å². The Bertz CT molecular complexity index is 591. The summed E-state index contributed by atoms with van der Waals surface area (Å²) in [5, 5.41) is 0.